The maximum Gasteiger partial charge on any atom is 0.222 e. The number of hydrogen-bond acceptors (Lipinski definition) is 6. The molecule has 7 heteroatoms. The minimum Gasteiger partial charge on any atom is -0.354 e. The molecule has 2 aromatic heterocycles. The monoisotopic (exact) mass is 405 g/mol. The van der Waals surface area contributed by atoms with Crippen molar-refractivity contribution < 1.29 is 0 Å². The second-order valence-corrected chi connectivity index (χ2v) is 7.65. The third-order valence-corrected chi connectivity index (χ3v) is 5.53. The van der Waals surface area contributed by atoms with Crippen LogP contribution in [0.15, 0.2) is 54.7 Å². The molecule has 1 N–H and O–H groups in total. The summed E-state index contributed by atoms with van der Waals surface area (Å²) in [6, 6.07) is 17.9. The molecule has 0 spiro atoms. The molecule has 0 bridgehead atoms. The van der Waals surface area contributed by atoms with Crippen LogP contribution >= 0.6 is 22.9 Å². The molecular weight excluding hydrogens is 390 g/mol. The van der Waals surface area contributed by atoms with Crippen LogP contribution < -0.4 is 5.32 Å². The average Bonchev–Trinajstić information content (AvgIpc) is 3.12. The van der Waals surface area contributed by atoms with Crippen molar-refractivity contribution in [2.45, 2.75) is 12.8 Å². The largest absolute Gasteiger partial charge is 0.354 e. The lowest BCUT2D eigenvalue weighted by molar-refractivity contribution is 0.967. The first kappa shape index (κ1) is 18.4. The van der Waals surface area contributed by atoms with Crippen molar-refractivity contribution >= 4 is 39.1 Å². The molecule has 0 aliphatic heterocycles. The van der Waals surface area contributed by atoms with Gasteiger partial charge in [-0.1, -0.05) is 35.9 Å². The molecular formula is C21H16ClN5S. The van der Waals surface area contributed by atoms with Crippen LogP contribution in [0.5, 0.6) is 0 Å². The summed E-state index contributed by atoms with van der Waals surface area (Å²) in [6.07, 6.45) is 2.76. The molecule has 28 heavy (non-hydrogen) atoms. The van der Waals surface area contributed by atoms with E-state index < -0.39 is 0 Å². The summed E-state index contributed by atoms with van der Waals surface area (Å²) in [7, 11) is 0. The Morgan fingerprint density at radius 2 is 2.00 bits per heavy atom. The molecule has 2 heterocycles. The van der Waals surface area contributed by atoms with Crippen LogP contribution in [-0.2, 0) is 12.8 Å². The molecule has 5 nitrogen and oxygen atoms in total. The summed E-state index contributed by atoms with van der Waals surface area (Å²) in [5.74, 6) is 0.511. The third kappa shape index (κ3) is 4.11. The van der Waals surface area contributed by atoms with Gasteiger partial charge in [0.2, 0.25) is 5.95 Å². The lowest BCUT2D eigenvalue weighted by atomic mass is 10.1. The van der Waals surface area contributed by atoms with Gasteiger partial charge >= 0.3 is 0 Å². The Kier molecular flexibility index (Phi) is 5.47. The van der Waals surface area contributed by atoms with E-state index in [1.165, 1.54) is 0 Å². The third-order valence-electron chi connectivity index (χ3n) is 4.22. The zero-order valence-electron chi connectivity index (χ0n) is 14.9. The number of rotatable bonds is 6. The first-order chi connectivity index (χ1) is 13.7. The topological polar surface area (TPSA) is 74.5 Å². The minimum atomic E-state index is 0.205. The van der Waals surface area contributed by atoms with E-state index in [1.54, 1.807) is 17.5 Å². The lowest BCUT2D eigenvalue weighted by Crippen LogP contribution is -2.09. The van der Waals surface area contributed by atoms with Crippen LogP contribution in [0, 0.1) is 11.3 Å². The number of nitrogens with one attached hydrogen (secondary N) is 1. The summed E-state index contributed by atoms with van der Waals surface area (Å²) in [4.78, 5) is 13.6. The predicted molar refractivity (Wildman–Crippen MR) is 114 cm³/mol. The highest BCUT2D eigenvalue weighted by Gasteiger charge is 2.13. The van der Waals surface area contributed by atoms with E-state index in [0.717, 1.165) is 37.8 Å². The number of benzene rings is 2. The number of halogens is 1. The first-order valence-electron chi connectivity index (χ1n) is 8.80. The van der Waals surface area contributed by atoms with Gasteiger partial charge in [-0.15, -0.1) is 11.3 Å². The van der Waals surface area contributed by atoms with E-state index in [-0.39, 0.29) is 6.42 Å². The molecule has 0 aliphatic rings. The van der Waals surface area contributed by atoms with Gasteiger partial charge in [-0.05, 0) is 36.2 Å². The zero-order valence-corrected chi connectivity index (χ0v) is 16.5. The van der Waals surface area contributed by atoms with Gasteiger partial charge in [0.25, 0.3) is 0 Å². The molecule has 0 radical (unpaired) electrons. The quantitative estimate of drug-likeness (QED) is 0.481. The Hall–Kier alpha value is -3.01. The van der Waals surface area contributed by atoms with Gasteiger partial charge in [0.15, 0.2) is 0 Å². The van der Waals surface area contributed by atoms with Crippen LogP contribution in [0.2, 0.25) is 5.02 Å². The summed E-state index contributed by atoms with van der Waals surface area (Å²) in [6.45, 7) is 0.673. The van der Waals surface area contributed by atoms with Crippen molar-refractivity contribution in [2.75, 3.05) is 11.9 Å². The van der Waals surface area contributed by atoms with Crippen molar-refractivity contribution in [2.24, 2.45) is 0 Å². The highest BCUT2D eigenvalue weighted by molar-refractivity contribution is 7.21. The molecule has 0 saturated heterocycles. The summed E-state index contributed by atoms with van der Waals surface area (Å²) in [5.41, 5.74) is 3.57. The molecule has 2 aromatic carbocycles. The van der Waals surface area contributed by atoms with Gasteiger partial charge in [-0.2, -0.15) is 5.26 Å². The minimum absolute atomic E-state index is 0.205. The Labute approximate surface area is 171 Å². The van der Waals surface area contributed by atoms with Gasteiger partial charge < -0.3 is 5.32 Å². The molecule has 138 valence electrons. The smallest absolute Gasteiger partial charge is 0.222 e. The Morgan fingerprint density at radius 3 is 2.82 bits per heavy atom. The van der Waals surface area contributed by atoms with Crippen molar-refractivity contribution in [1.82, 2.24) is 15.0 Å². The average molecular weight is 406 g/mol. The fourth-order valence-electron chi connectivity index (χ4n) is 2.89. The van der Waals surface area contributed by atoms with E-state index in [0.29, 0.717) is 18.2 Å². The van der Waals surface area contributed by atoms with E-state index >= 15 is 0 Å². The normalized spacial score (nSPS) is 10.7. The van der Waals surface area contributed by atoms with Gasteiger partial charge in [0.05, 0.1) is 34.0 Å². The lowest BCUT2D eigenvalue weighted by Gasteiger charge is -2.08. The van der Waals surface area contributed by atoms with E-state index in [4.69, 9.17) is 11.6 Å². The van der Waals surface area contributed by atoms with E-state index in [2.05, 4.69) is 26.3 Å². The maximum atomic E-state index is 9.21. The molecule has 4 rings (SSSR count). The number of nitrogens with zero attached hydrogens (tertiary/aromatic N) is 4. The van der Waals surface area contributed by atoms with E-state index in [1.807, 2.05) is 48.5 Å². The number of nitriles is 1. The van der Waals surface area contributed by atoms with Crippen molar-refractivity contribution in [1.29, 1.82) is 5.26 Å². The van der Waals surface area contributed by atoms with Crippen molar-refractivity contribution in [3.8, 4) is 16.6 Å². The zero-order chi connectivity index (χ0) is 19.3. The van der Waals surface area contributed by atoms with Crippen molar-refractivity contribution in [3.05, 3.63) is 71.0 Å². The van der Waals surface area contributed by atoms with Gasteiger partial charge in [-0.3, -0.25) is 0 Å². The SMILES string of the molecule is N#CCc1nc(NCCc2cccc(Cl)c2)ncc1-c1nc2ccccc2s1. The molecule has 0 aliphatic carbocycles. The van der Waals surface area contributed by atoms with Crippen LogP contribution in [0.25, 0.3) is 20.8 Å². The maximum absolute atomic E-state index is 9.21. The van der Waals surface area contributed by atoms with Crippen LogP contribution in [0.4, 0.5) is 5.95 Å². The summed E-state index contributed by atoms with van der Waals surface area (Å²) in [5, 5.41) is 14.0. The number of hydrogen-bond donors (Lipinski definition) is 1. The number of aromatic nitrogens is 3. The van der Waals surface area contributed by atoms with Crippen LogP contribution in [0.3, 0.4) is 0 Å². The van der Waals surface area contributed by atoms with Crippen LogP contribution in [-0.4, -0.2) is 21.5 Å². The second-order valence-electron chi connectivity index (χ2n) is 6.18. The fraction of sp³-hybridized carbons (Fsp3) is 0.143. The van der Waals surface area contributed by atoms with Gasteiger partial charge in [0, 0.05) is 17.8 Å². The van der Waals surface area contributed by atoms with Gasteiger partial charge in [-0.25, -0.2) is 15.0 Å². The van der Waals surface area contributed by atoms with Crippen LogP contribution in [0.1, 0.15) is 11.3 Å². The Bertz CT molecular complexity index is 1130. The molecule has 4 aromatic rings. The highest BCUT2D eigenvalue weighted by atomic mass is 35.5. The Balaban J connectivity index is 1.54. The Morgan fingerprint density at radius 1 is 1.11 bits per heavy atom. The molecule has 0 saturated carbocycles. The molecule has 0 fully saturated rings. The predicted octanol–water partition coefficient (Wildman–Crippen LogP) is 5.13. The summed E-state index contributed by atoms with van der Waals surface area (Å²) >= 11 is 7.60. The number of thiazole rings is 1. The second kappa shape index (κ2) is 8.34. The van der Waals surface area contributed by atoms with Crippen molar-refractivity contribution in [3.63, 3.8) is 0 Å². The van der Waals surface area contributed by atoms with E-state index in [9.17, 15) is 5.26 Å². The standard InChI is InChI=1S/C21H16ClN5S/c22-15-5-3-4-14(12-15)9-11-24-21-25-13-16(17(27-21)8-10-23)20-26-18-6-1-2-7-19(18)28-20/h1-7,12-13H,8-9,11H2,(H,24,25,27). The first-order valence-corrected chi connectivity index (χ1v) is 9.99. The fourth-order valence-corrected chi connectivity index (χ4v) is 4.10. The molecule has 0 amide bonds. The number of fused-ring (bicyclic) bond motifs is 1. The molecule has 0 unspecified atom stereocenters. The number of para-hydroxylation sites is 1. The highest BCUT2D eigenvalue weighted by Crippen LogP contribution is 2.31. The van der Waals surface area contributed by atoms with Gasteiger partial charge in [0.1, 0.15) is 5.01 Å². The molecule has 0 atom stereocenters. The summed E-state index contributed by atoms with van der Waals surface area (Å²) < 4.78 is 1.10. The number of anilines is 1.